The Morgan fingerprint density at radius 3 is 2.50 bits per heavy atom. The highest BCUT2D eigenvalue weighted by molar-refractivity contribution is 9.11. The first-order valence-corrected chi connectivity index (χ1v) is 7.06. The van der Waals surface area contributed by atoms with Crippen molar-refractivity contribution in [2.24, 2.45) is 5.92 Å². The third kappa shape index (κ3) is 2.29. The monoisotopic (exact) mass is 365 g/mol. The summed E-state index contributed by atoms with van der Waals surface area (Å²) in [7, 11) is 0. The average molecular weight is 367 g/mol. The lowest BCUT2D eigenvalue weighted by Crippen LogP contribution is -2.25. The van der Waals surface area contributed by atoms with Crippen molar-refractivity contribution < 1.29 is 4.79 Å². The summed E-state index contributed by atoms with van der Waals surface area (Å²) in [6, 6.07) is 5.79. The van der Waals surface area contributed by atoms with Gasteiger partial charge in [-0.2, -0.15) is 0 Å². The summed E-state index contributed by atoms with van der Waals surface area (Å²) in [5.74, 6) is 0.927. The van der Waals surface area contributed by atoms with Crippen molar-refractivity contribution in [1.29, 1.82) is 0 Å². The number of hydrogen-bond acceptors (Lipinski definition) is 1. The van der Waals surface area contributed by atoms with Crippen LogP contribution in [0.1, 0.15) is 6.42 Å². The summed E-state index contributed by atoms with van der Waals surface area (Å²) in [6.45, 7) is 0.698. The van der Waals surface area contributed by atoms with Gasteiger partial charge in [-0.1, -0.05) is 6.07 Å². The summed E-state index contributed by atoms with van der Waals surface area (Å²) in [4.78, 5) is 13.7. The molecule has 5 heteroatoms. The van der Waals surface area contributed by atoms with E-state index < -0.39 is 0 Å². The molecule has 0 saturated carbocycles. The number of rotatable bonds is 2. The Morgan fingerprint density at radius 1 is 1.38 bits per heavy atom. The van der Waals surface area contributed by atoms with Crippen LogP contribution in [0, 0.1) is 5.92 Å². The first-order chi connectivity index (χ1) is 7.63. The molecule has 0 bridgehead atoms. The van der Waals surface area contributed by atoms with Gasteiger partial charge in [-0.3, -0.25) is 4.79 Å². The normalized spacial score (nSPS) is 20.6. The van der Waals surface area contributed by atoms with E-state index in [1.807, 2.05) is 18.2 Å². The van der Waals surface area contributed by atoms with Crippen LogP contribution in [0.15, 0.2) is 27.1 Å². The number of alkyl halides is 1. The van der Waals surface area contributed by atoms with Crippen molar-refractivity contribution in [1.82, 2.24) is 0 Å². The van der Waals surface area contributed by atoms with Crippen LogP contribution in [-0.4, -0.2) is 18.3 Å². The van der Waals surface area contributed by atoms with Gasteiger partial charge in [0.05, 0.1) is 5.69 Å². The second-order valence-electron chi connectivity index (χ2n) is 3.80. The smallest absolute Gasteiger partial charge is 0.227 e. The van der Waals surface area contributed by atoms with E-state index in [4.69, 9.17) is 11.6 Å². The third-order valence-electron chi connectivity index (χ3n) is 2.63. The Morgan fingerprint density at radius 2 is 2.00 bits per heavy atom. The number of halogens is 3. The molecule has 2 rings (SSSR count). The Hall–Kier alpha value is -0.0600. The molecule has 1 heterocycles. The van der Waals surface area contributed by atoms with Crippen LogP contribution in [0.3, 0.4) is 0 Å². The second-order valence-corrected chi connectivity index (χ2v) is 5.82. The molecule has 86 valence electrons. The lowest BCUT2D eigenvalue weighted by atomic mass is 10.1. The molecule has 1 unspecified atom stereocenters. The molecule has 1 atom stereocenters. The van der Waals surface area contributed by atoms with Crippen molar-refractivity contribution in [2.45, 2.75) is 6.42 Å². The van der Waals surface area contributed by atoms with Gasteiger partial charge < -0.3 is 4.90 Å². The van der Waals surface area contributed by atoms with Crippen molar-refractivity contribution >= 4 is 55.1 Å². The summed E-state index contributed by atoms with van der Waals surface area (Å²) >= 11 is 12.7. The minimum atomic E-state index is 0.137. The minimum absolute atomic E-state index is 0.137. The molecule has 1 amide bonds. The molecular weight excluding hydrogens is 357 g/mol. The fraction of sp³-hybridized carbons (Fsp3) is 0.364. The van der Waals surface area contributed by atoms with E-state index >= 15 is 0 Å². The number of carbonyl (C=O) groups is 1. The molecule has 0 spiro atoms. The van der Waals surface area contributed by atoms with Crippen LogP contribution in [0.25, 0.3) is 0 Å². The number of hydrogen-bond donors (Lipinski definition) is 0. The van der Waals surface area contributed by atoms with Gasteiger partial charge in [-0.25, -0.2) is 0 Å². The second kappa shape index (κ2) is 5.07. The van der Waals surface area contributed by atoms with Gasteiger partial charge in [0, 0.05) is 27.8 Å². The van der Waals surface area contributed by atoms with Gasteiger partial charge in [0.25, 0.3) is 0 Å². The SMILES string of the molecule is O=C1CC(CCl)CN1c1c(Br)cccc1Br. The zero-order chi connectivity index (χ0) is 11.7. The number of carbonyl (C=O) groups excluding carboxylic acids is 1. The Kier molecular flexibility index (Phi) is 3.93. The Labute approximate surface area is 116 Å². The van der Waals surface area contributed by atoms with E-state index in [0.29, 0.717) is 18.8 Å². The highest BCUT2D eigenvalue weighted by Crippen LogP contribution is 2.37. The van der Waals surface area contributed by atoms with Crippen LogP contribution >= 0.6 is 43.5 Å². The standard InChI is InChI=1S/C11H10Br2ClNO/c12-8-2-1-3-9(13)11(8)15-6-7(5-14)4-10(15)16/h1-3,7H,4-6H2. The lowest BCUT2D eigenvalue weighted by Gasteiger charge is -2.19. The highest BCUT2D eigenvalue weighted by atomic mass is 79.9. The number of para-hydroxylation sites is 1. The zero-order valence-corrected chi connectivity index (χ0v) is 12.3. The van der Waals surface area contributed by atoms with E-state index in [1.54, 1.807) is 4.90 Å². The highest BCUT2D eigenvalue weighted by Gasteiger charge is 2.31. The molecule has 0 radical (unpaired) electrons. The maximum atomic E-state index is 11.9. The van der Waals surface area contributed by atoms with Gasteiger partial charge in [-0.15, -0.1) is 11.6 Å². The first kappa shape index (κ1) is 12.4. The minimum Gasteiger partial charge on any atom is -0.310 e. The van der Waals surface area contributed by atoms with Crippen LogP contribution in [0.2, 0.25) is 0 Å². The average Bonchev–Trinajstić information content (AvgIpc) is 2.60. The van der Waals surface area contributed by atoms with Gasteiger partial charge in [0.15, 0.2) is 0 Å². The zero-order valence-electron chi connectivity index (χ0n) is 8.42. The molecule has 1 saturated heterocycles. The Bertz CT molecular complexity index is 404. The molecule has 16 heavy (non-hydrogen) atoms. The van der Waals surface area contributed by atoms with Crippen LogP contribution in [0.4, 0.5) is 5.69 Å². The predicted molar refractivity (Wildman–Crippen MR) is 73.0 cm³/mol. The van der Waals surface area contributed by atoms with E-state index in [-0.39, 0.29) is 11.8 Å². The quantitative estimate of drug-likeness (QED) is 0.728. The molecule has 0 N–H and O–H groups in total. The van der Waals surface area contributed by atoms with Gasteiger partial charge in [-0.05, 0) is 49.9 Å². The Balaban J connectivity index is 2.35. The van der Waals surface area contributed by atoms with E-state index in [2.05, 4.69) is 31.9 Å². The van der Waals surface area contributed by atoms with Crippen LogP contribution in [0.5, 0.6) is 0 Å². The molecule has 1 aromatic rings. The summed E-state index contributed by atoms with van der Waals surface area (Å²) in [6.07, 6.45) is 0.539. The van der Waals surface area contributed by atoms with Gasteiger partial charge in [0.2, 0.25) is 5.91 Å². The summed E-state index contributed by atoms with van der Waals surface area (Å²) < 4.78 is 1.84. The van der Waals surface area contributed by atoms with Crippen LogP contribution in [-0.2, 0) is 4.79 Å². The van der Waals surface area contributed by atoms with E-state index in [1.165, 1.54) is 0 Å². The van der Waals surface area contributed by atoms with Crippen molar-refractivity contribution in [3.05, 3.63) is 27.1 Å². The maximum absolute atomic E-state index is 11.9. The lowest BCUT2D eigenvalue weighted by molar-refractivity contribution is -0.117. The predicted octanol–water partition coefficient (Wildman–Crippen LogP) is 3.80. The number of amides is 1. The van der Waals surface area contributed by atoms with Gasteiger partial charge in [0.1, 0.15) is 0 Å². The summed E-state index contributed by atoms with van der Waals surface area (Å²) in [5, 5.41) is 0. The fourth-order valence-electron chi connectivity index (χ4n) is 1.85. The number of anilines is 1. The molecule has 2 nitrogen and oxygen atoms in total. The molecule has 0 aliphatic carbocycles. The molecule has 1 fully saturated rings. The molecule has 0 aromatic heterocycles. The molecular formula is C11H10Br2ClNO. The van der Waals surface area contributed by atoms with Crippen molar-refractivity contribution in [3.8, 4) is 0 Å². The van der Waals surface area contributed by atoms with E-state index in [0.717, 1.165) is 14.6 Å². The molecule has 1 aliphatic rings. The summed E-state index contributed by atoms with van der Waals surface area (Å²) in [5.41, 5.74) is 0.903. The first-order valence-electron chi connectivity index (χ1n) is 4.94. The van der Waals surface area contributed by atoms with Crippen molar-refractivity contribution in [2.75, 3.05) is 17.3 Å². The topological polar surface area (TPSA) is 20.3 Å². The van der Waals surface area contributed by atoms with Crippen LogP contribution < -0.4 is 4.90 Å². The van der Waals surface area contributed by atoms with Gasteiger partial charge >= 0.3 is 0 Å². The fourth-order valence-corrected chi connectivity index (χ4v) is 3.48. The maximum Gasteiger partial charge on any atom is 0.227 e. The molecule has 1 aliphatic heterocycles. The van der Waals surface area contributed by atoms with Crippen molar-refractivity contribution in [3.63, 3.8) is 0 Å². The van der Waals surface area contributed by atoms with E-state index in [9.17, 15) is 4.79 Å². The number of benzene rings is 1. The third-order valence-corrected chi connectivity index (χ3v) is 4.35. The largest absolute Gasteiger partial charge is 0.310 e. The molecule has 1 aromatic carbocycles. The number of nitrogens with zero attached hydrogens (tertiary/aromatic N) is 1.